The van der Waals surface area contributed by atoms with Crippen LogP contribution in [-0.4, -0.2) is 49.3 Å². The molecule has 59 heavy (non-hydrogen) atoms. The minimum absolute atomic E-state index is 0.0569. The number of nitrogens with two attached hydrogens (primary N) is 1. The minimum Gasteiger partial charge on any atom is -0.462 e. The number of ether oxygens (including phenoxy) is 2. The number of rotatable bonds is 48. The van der Waals surface area contributed by atoms with Crippen molar-refractivity contribution < 1.29 is 37.6 Å². The van der Waals surface area contributed by atoms with Crippen LogP contribution in [0.3, 0.4) is 0 Å². The van der Waals surface area contributed by atoms with E-state index in [4.69, 9.17) is 24.3 Å². The van der Waals surface area contributed by atoms with Crippen molar-refractivity contribution in [1.29, 1.82) is 0 Å². The first-order valence-corrected chi connectivity index (χ1v) is 26.7. The number of hydrogen-bond acceptors (Lipinski definition) is 8. The standard InChI is InChI=1S/C49H96NO8P/c1-3-5-7-9-11-13-14-15-16-17-18-19-20-21-22-23-24-25-26-27-28-29-30-31-32-34-36-38-40-42-49(52)58-47(46-57-59(53,54)56-44-43-50)45-55-48(51)41-39-37-35-33-12-10-8-6-4-2/h17-18,47H,3-16,19-46,50H2,1-2H3,(H,53,54)/b18-17-. The van der Waals surface area contributed by atoms with E-state index in [0.29, 0.717) is 6.42 Å². The lowest BCUT2D eigenvalue weighted by atomic mass is 10.0. The van der Waals surface area contributed by atoms with Crippen LogP contribution in [0, 0.1) is 0 Å². The summed E-state index contributed by atoms with van der Waals surface area (Å²) in [5.41, 5.74) is 5.35. The number of hydrogen-bond donors (Lipinski definition) is 2. The van der Waals surface area contributed by atoms with Crippen LogP contribution in [0.25, 0.3) is 0 Å². The van der Waals surface area contributed by atoms with E-state index in [1.54, 1.807) is 0 Å². The molecule has 0 aromatic heterocycles. The summed E-state index contributed by atoms with van der Waals surface area (Å²) in [6.07, 6.45) is 50.0. The van der Waals surface area contributed by atoms with Gasteiger partial charge in [-0.15, -0.1) is 0 Å². The third-order valence-electron chi connectivity index (χ3n) is 11.2. The zero-order valence-electron chi connectivity index (χ0n) is 38.8. The zero-order chi connectivity index (χ0) is 43.2. The Labute approximate surface area is 364 Å². The molecule has 3 N–H and O–H groups in total. The van der Waals surface area contributed by atoms with E-state index in [1.165, 1.54) is 193 Å². The van der Waals surface area contributed by atoms with Gasteiger partial charge in [-0.3, -0.25) is 18.6 Å². The molecule has 0 saturated carbocycles. The molecule has 0 spiro atoms. The number of carbonyl (C=O) groups excluding carboxylic acids is 2. The highest BCUT2D eigenvalue weighted by Gasteiger charge is 2.26. The number of unbranched alkanes of at least 4 members (excludes halogenated alkanes) is 33. The number of carbonyl (C=O) groups is 2. The van der Waals surface area contributed by atoms with E-state index < -0.39 is 26.5 Å². The third-order valence-corrected chi connectivity index (χ3v) is 12.1. The van der Waals surface area contributed by atoms with Crippen molar-refractivity contribution in [3.05, 3.63) is 12.2 Å². The SMILES string of the molecule is CCCCCCCCCC/C=C\CCCCCCCCCCCCCCCCCCCC(=O)OC(COC(=O)CCCCCCCCCCC)COP(=O)(O)OCCN. The van der Waals surface area contributed by atoms with Crippen molar-refractivity contribution in [3.63, 3.8) is 0 Å². The number of allylic oxidation sites excluding steroid dienone is 2. The predicted molar refractivity (Wildman–Crippen MR) is 248 cm³/mol. The molecule has 0 fully saturated rings. The molecular formula is C49H96NO8P. The van der Waals surface area contributed by atoms with Gasteiger partial charge in [0.2, 0.25) is 0 Å². The maximum atomic E-state index is 12.6. The fraction of sp³-hybridized carbons (Fsp3) is 0.918. The summed E-state index contributed by atoms with van der Waals surface area (Å²) < 4.78 is 32.8. The van der Waals surface area contributed by atoms with E-state index in [-0.39, 0.29) is 38.6 Å². The average Bonchev–Trinajstić information content (AvgIpc) is 3.22. The highest BCUT2D eigenvalue weighted by molar-refractivity contribution is 7.47. The fourth-order valence-corrected chi connectivity index (χ4v) is 8.16. The lowest BCUT2D eigenvalue weighted by molar-refractivity contribution is -0.161. The van der Waals surface area contributed by atoms with Gasteiger partial charge in [-0.1, -0.05) is 219 Å². The third kappa shape index (κ3) is 46.1. The van der Waals surface area contributed by atoms with Crippen LogP contribution >= 0.6 is 7.82 Å². The van der Waals surface area contributed by atoms with Gasteiger partial charge < -0.3 is 20.1 Å². The molecule has 0 radical (unpaired) electrons. The topological polar surface area (TPSA) is 134 Å². The Morgan fingerprint density at radius 1 is 0.492 bits per heavy atom. The fourth-order valence-electron chi connectivity index (χ4n) is 7.40. The summed E-state index contributed by atoms with van der Waals surface area (Å²) in [6, 6.07) is 0. The number of esters is 2. The second-order valence-electron chi connectivity index (χ2n) is 17.0. The predicted octanol–water partition coefficient (Wildman–Crippen LogP) is 15.0. The molecule has 0 aliphatic heterocycles. The average molecular weight is 858 g/mol. The summed E-state index contributed by atoms with van der Waals surface area (Å²) in [7, 11) is -4.37. The van der Waals surface area contributed by atoms with Crippen LogP contribution in [0.15, 0.2) is 12.2 Å². The maximum Gasteiger partial charge on any atom is 0.472 e. The highest BCUT2D eigenvalue weighted by atomic mass is 31.2. The van der Waals surface area contributed by atoms with Gasteiger partial charge in [0.25, 0.3) is 0 Å². The van der Waals surface area contributed by atoms with Crippen molar-refractivity contribution in [2.75, 3.05) is 26.4 Å². The van der Waals surface area contributed by atoms with Crippen molar-refractivity contribution in [3.8, 4) is 0 Å². The largest absolute Gasteiger partial charge is 0.472 e. The van der Waals surface area contributed by atoms with E-state index in [9.17, 15) is 19.0 Å². The number of phosphoric ester groups is 1. The Hall–Kier alpha value is -1.25. The molecule has 0 aromatic rings. The summed E-state index contributed by atoms with van der Waals surface area (Å²) in [6.45, 7) is 3.75. The van der Waals surface area contributed by atoms with Gasteiger partial charge in [0, 0.05) is 19.4 Å². The highest BCUT2D eigenvalue weighted by Crippen LogP contribution is 2.43. The van der Waals surface area contributed by atoms with Gasteiger partial charge in [0.1, 0.15) is 6.61 Å². The van der Waals surface area contributed by atoms with Gasteiger partial charge in [-0.2, -0.15) is 0 Å². The second kappa shape index (κ2) is 46.3. The minimum atomic E-state index is -4.37. The normalized spacial score (nSPS) is 13.2. The molecule has 0 aliphatic carbocycles. The Morgan fingerprint density at radius 2 is 0.831 bits per heavy atom. The molecule has 10 heteroatoms. The smallest absolute Gasteiger partial charge is 0.462 e. The van der Waals surface area contributed by atoms with Gasteiger partial charge in [0.15, 0.2) is 6.10 Å². The van der Waals surface area contributed by atoms with Crippen LogP contribution in [0.4, 0.5) is 0 Å². The first-order valence-electron chi connectivity index (χ1n) is 25.2. The van der Waals surface area contributed by atoms with Crippen LogP contribution in [0.2, 0.25) is 0 Å². The quantitative estimate of drug-likeness (QED) is 0.0265. The summed E-state index contributed by atoms with van der Waals surface area (Å²) in [5.74, 6) is -0.818. The van der Waals surface area contributed by atoms with E-state index >= 15 is 0 Å². The molecule has 0 saturated heterocycles. The molecule has 0 aliphatic rings. The zero-order valence-corrected chi connectivity index (χ0v) is 39.7. The molecule has 0 rings (SSSR count). The van der Waals surface area contributed by atoms with Gasteiger partial charge in [0.05, 0.1) is 13.2 Å². The molecule has 2 unspecified atom stereocenters. The Kier molecular flexibility index (Phi) is 45.3. The molecule has 0 heterocycles. The summed E-state index contributed by atoms with van der Waals surface area (Å²) >= 11 is 0. The van der Waals surface area contributed by atoms with Crippen molar-refractivity contribution in [2.24, 2.45) is 5.73 Å². The first-order chi connectivity index (χ1) is 28.8. The van der Waals surface area contributed by atoms with Gasteiger partial charge >= 0.3 is 19.8 Å². The summed E-state index contributed by atoms with van der Waals surface area (Å²) in [5, 5.41) is 0. The van der Waals surface area contributed by atoms with Gasteiger partial charge in [-0.25, -0.2) is 4.57 Å². The van der Waals surface area contributed by atoms with Crippen molar-refractivity contribution in [1.82, 2.24) is 0 Å². The van der Waals surface area contributed by atoms with E-state index in [0.717, 1.165) is 32.1 Å². The molecule has 2 atom stereocenters. The monoisotopic (exact) mass is 858 g/mol. The van der Waals surface area contributed by atoms with Crippen molar-refractivity contribution >= 4 is 19.8 Å². The molecule has 350 valence electrons. The maximum absolute atomic E-state index is 12.6. The van der Waals surface area contributed by atoms with Crippen LogP contribution < -0.4 is 5.73 Å². The molecule has 0 amide bonds. The van der Waals surface area contributed by atoms with Crippen LogP contribution in [0.1, 0.15) is 258 Å². The van der Waals surface area contributed by atoms with Gasteiger partial charge in [-0.05, 0) is 38.5 Å². The second-order valence-corrected chi connectivity index (χ2v) is 18.5. The van der Waals surface area contributed by atoms with E-state index in [1.807, 2.05) is 0 Å². The lowest BCUT2D eigenvalue weighted by Gasteiger charge is -2.19. The van der Waals surface area contributed by atoms with Crippen molar-refractivity contribution in [2.45, 2.75) is 264 Å². The Bertz CT molecular complexity index is 980. The molecule has 0 bridgehead atoms. The Balaban J connectivity index is 3.84. The molecular weight excluding hydrogens is 762 g/mol. The summed E-state index contributed by atoms with van der Waals surface area (Å²) in [4.78, 5) is 34.8. The molecule has 9 nitrogen and oxygen atoms in total. The molecule has 0 aromatic carbocycles. The first kappa shape index (κ1) is 57.8. The van der Waals surface area contributed by atoms with Crippen LogP contribution in [-0.2, 0) is 32.7 Å². The Morgan fingerprint density at radius 3 is 1.20 bits per heavy atom. The lowest BCUT2D eigenvalue weighted by Crippen LogP contribution is -2.29. The number of phosphoric acid groups is 1. The van der Waals surface area contributed by atoms with E-state index in [2.05, 4.69) is 26.0 Å². The van der Waals surface area contributed by atoms with Crippen LogP contribution in [0.5, 0.6) is 0 Å².